The number of fused-ring (bicyclic) bond motifs is 1. The van der Waals surface area contributed by atoms with Crippen molar-refractivity contribution in [3.8, 4) is 11.1 Å². The van der Waals surface area contributed by atoms with Crippen LogP contribution in [0.1, 0.15) is 43.7 Å². The normalized spacial score (nSPS) is 20.1. The van der Waals surface area contributed by atoms with Gasteiger partial charge in [0.25, 0.3) is 0 Å². The molecule has 2 unspecified atom stereocenters. The molecule has 0 spiro atoms. The Balaban J connectivity index is 1.23. The van der Waals surface area contributed by atoms with E-state index in [1.807, 2.05) is 30.3 Å². The van der Waals surface area contributed by atoms with Crippen LogP contribution in [0, 0.1) is 5.82 Å². The van der Waals surface area contributed by atoms with E-state index in [1.165, 1.54) is 11.6 Å². The lowest BCUT2D eigenvalue weighted by molar-refractivity contribution is -0.138. The van der Waals surface area contributed by atoms with Crippen LogP contribution in [0.2, 0.25) is 0 Å². The molecular formula is C29H33FN4O3. The zero-order valence-corrected chi connectivity index (χ0v) is 20.8. The van der Waals surface area contributed by atoms with Crippen molar-refractivity contribution in [2.75, 3.05) is 26.2 Å². The minimum Gasteiger partial charge on any atom is -0.481 e. The molecule has 8 heteroatoms. The Morgan fingerprint density at radius 2 is 1.97 bits per heavy atom. The molecule has 0 aliphatic carbocycles. The molecule has 0 aromatic heterocycles. The molecule has 3 heterocycles. The topological polar surface area (TPSA) is 84.9 Å². The van der Waals surface area contributed by atoms with E-state index >= 15 is 4.39 Å². The fourth-order valence-corrected chi connectivity index (χ4v) is 5.46. The molecule has 3 N–H and O–H groups in total. The van der Waals surface area contributed by atoms with E-state index in [9.17, 15) is 14.7 Å². The molecule has 2 aromatic carbocycles. The van der Waals surface area contributed by atoms with E-state index in [-0.39, 0.29) is 18.6 Å². The number of hydrogen-bond donors (Lipinski definition) is 3. The predicted octanol–water partition coefficient (Wildman–Crippen LogP) is 4.65. The van der Waals surface area contributed by atoms with E-state index in [1.54, 1.807) is 21.9 Å². The Morgan fingerprint density at radius 3 is 2.76 bits per heavy atom. The maximum atomic E-state index is 15.1. The summed E-state index contributed by atoms with van der Waals surface area (Å²) < 4.78 is 15.1. The first-order valence-electron chi connectivity index (χ1n) is 13.0. The third-order valence-corrected chi connectivity index (χ3v) is 7.40. The van der Waals surface area contributed by atoms with Crippen molar-refractivity contribution in [3.63, 3.8) is 0 Å². The van der Waals surface area contributed by atoms with Crippen molar-refractivity contribution in [2.45, 2.75) is 44.3 Å². The van der Waals surface area contributed by atoms with E-state index in [0.29, 0.717) is 30.8 Å². The first-order chi connectivity index (χ1) is 18.0. The summed E-state index contributed by atoms with van der Waals surface area (Å²) in [6.45, 7) is 2.54. The number of urea groups is 1. The molecule has 2 saturated heterocycles. The number of carbonyl (C=O) groups is 2. The number of dihydropyridines is 1. The second-order valence-electron chi connectivity index (χ2n) is 9.85. The fourth-order valence-electron chi connectivity index (χ4n) is 5.46. The molecule has 5 rings (SSSR count). The van der Waals surface area contributed by atoms with Gasteiger partial charge in [0.1, 0.15) is 5.82 Å². The number of allylic oxidation sites excluding steroid dienone is 3. The van der Waals surface area contributed by atoms with Crippen LogP contribution < -0.4 is 10.6 Å². The average molecular weight is 505 g/mol. The third kappa shape index (κ3) is 5.69. The number of halogens is 1. The van der Waals surface area contributed by atoms with Gasteiger partial charge in [0.2, 0.25) is 0 Å². The first-order valence-corrected chi connectivity index (χ1v) is 13.0. The van der Waals surface area contributed by atoms with Gasteiger partial charge in [-0.3, -0.25) is 10.1 Å². The van der Waals surface area contributed by atoms with E-state index in [4.69, 9.17) is 0 Å². The molecule has 0 bridgehead atoms. The molecule has 3 aliphatic rings. The Hall–Kier alpha value is -3.65. The number of rotatable bonds is 9. The Morgan fingerprint density at radius 1 is 1.14 bits per heavy atom. The van der Waals surface area contributed by atoms with Crippen LogP contribution in [-0.4, -0.2) is 59.3 Å². The van der Waals surface area contributed by atoms with Crippen LogP contribution in [0.4, 0.5) is 9.18 Å². The predicted molar refractivity (Wildman–Crippen MR) is 140 cm³/mol. The summed E-state index contributed by atoms with van der Waals surface area (Å²) in [7, 11) is 0. The Kier molecular flexibility index (Phi) is 7.55. The van der Waals surface area contributed by atoms with Crippen LogP contribution in [0.5, 0.6) is 0 Å². The maximum absolute atomic E-state index is 15.1. The summed E-state index contributed by atoms with van der Waals surface area (Å²) in [4.78, 5) is 28.3. The summed E-state index contributed by atoms with van der Waals surface area (Å²) >= 11 is 0. The lowest BCUT2D eigenvalue weighted by Crippen LogP contribution is -2.47. The zero-order valence-electron chi connectivity index (χ0n) is 20.8. The number of hydrogen-bond acceptors (Lipinski definition) is 4. The number of benzene rings is 2. The van der Waals surface area contributed by atoms with E-state index in [2.05, 4.69) is 22.8 Å². The summed E-state index contributed by atoms with van der Waals surface area (Å²) in [6, 6.07) is 13.1. The van der Waals surface area contributed by atoms with Crippen molar-refractivity contribution in [1.82, 2.24) is 20.4 Å². The smallest absolute Gasteiger partial charge is 0.320 e. The number of amides is 2. The number of piperidine rings is 1. The van der Waals surface area contributed by atoms with Gasteiger partial charge >= 0.3 is 12.0 Å². The molecule has 2 atom stereocenters. The van der Waals surface area contributed by atoms with Crippen molar-refractivity contribution >= 4 is 12.0 Å². The lowest BCUT2D eigenvalue weighted by Gasteiger charge is -2.32. The number of nitrogens with zero attached hydrogens (tertiary/aromatic N) is 2. The SMILES string of the molecule is O=C(O)CC(c1ccc(-c2ccccc2)c(F)c1)N1CCN(CCCC2=CC=C3CCCNC3N2)C1=O. The van der Waals surface area contributed by atoms with Crippen molar-refractivity contribution in [3.05, 3.63) is 83.3 Å². The highest BCUT2D eigenvalue weighted by Gasteiger charge is 2.35. The van der Waals surface area contributed by atoms with Crippen molar-refractivity contribution in [1.29, 1.82) is 0 Å². The maximum Gasteiger partial charge on any atom is 0.320 e. The fraction of sp³-hybridized carbons (Fsp3) is 0.379. The largest absolute Gasteiger partial charge is 0.481 e. The van der Waals surface area contributed by atoms with Crippen molar-refractivity contribution in [2.24, 2.45) is 0 Å². The number of carboxylic acids is 1. The number of aliphatic carboxylic acids is 1. The average Bonchev–Trinajstić information content (AvgIpc) is 3.27. The molecule has 2 aromatic rings. The van der Waals surface area contributed by atoms with Crippen LogP contribution in [0.3, 0.4) is 0 Å². The quantitative estimate of drug-likeness (QED) is 0.463. The standard InChI is InChI=1S/C29H33FN4O3/c30-25-18-22(11-13-24(25)20-6-2-1-3-7-20)26(19-27(35)36)34-17-16-33(29(34)37)15-5-9-23-12-10-21-8-4-14-31-28(21)32-23/h1-3,6-7,10-13,18,26,28,31-32H,4-5,8-9,14-17,19H2,(H,35,36). The van der Waals surface area contributed by atoms with Crippen LogP contribution in [-0.2, 0) is 4.79 Å². The highest BCUT2D eigenvalue weighted by molar-refractivity contribution is 5.78. The van der Waals surface area contributed by atoms with Gasteiger partial charge in [0, 0.05) is 30.9 Å². The molecule has 37 heavy (non-hydrogen) atoms. The summed E-state index contributed by atoms with van der Waals surface area (Å²) in [6.07, 6.45) is 8.18. The summed E-state index contributed by atoms with van der Waals surface area (Å²) in [5.41, 5.74) is 4.23. The minimum absolute atomic E-state index is 0.194. The molecule has 194 valence electrons. The monoisotopic (exact) mass is 504 g/mol. The number of carbonyl (C=O) groups excluding carboxylic acids is 1. The number of carboxylic acid groups (broad SMARTS) is 1. The molecular weight excluding hydrogens is 471 g/mol. The van der Waals surface area contributed by atoms with E-state index < -0.39 is 17.8 Å². The van der Waals surface area contributed by atoms with Gasteiger partial charge in [-0.2, -0.15) is 0 Å². The van der Waals surface area contributed by atoms with Gasteiger partial charge in [-0.25, -0.2) is 9.18 Å². The van der Waals surface area contributed by atoms with Crippen molar-refractivity contribution < 1.29 is 19.1 Å². The van der Waals surface area contributed by atoms with Gasteiger partial charge in [-0.15, -0.1) is 0 Å². The van der Waals surface area contributed by atoms with Gasteiger partial charge in [-0.05, 0) is 61.1 Å². The Bertz CT molecular complexity index is 1210. The minimum atomic E-state index is -1.03. The van der Waals surface area contributed by atoms with Gasteiger partial charge < -0.3 is 20.2 Å². The highest BCUT2D eigenvalue weighted by atomic mass is 19.1. The summed E-state index contributed by atoms with van der Waals surface area (Å²) in [5, 5.41) is 16.6. The Labute approximate surface area is 216 Å². The molecule has 2 fully saturated rings. The van der Waals surface area contributed by atoms with Gasteiger partial charge in [0.15, 0.2) is 0 Å². The second-order valence-corrected chi connectivity index (χ2v) is 9.85. The lowest BCUT2D eigenvalue weighted by atomic mass is 9.97. The highest BCUT2D eigenvalue weighted by Crippen LogP contribution is 2.32. The molecule has 0 radical (unpaired) electrons. The van der Waals surface area contributed by atoms with Crippen LogP contribution in [0.25, 0.3) is 11.1 Å². The second kappa shape index (κ2) is 11.2. The van der Waals surface area contributed by atoms with E-state index in [0.717, 1.165) is 43.5 Å². The zero-order chi connectivity index (χ0) is 25.8. The van der Waals surface area contributed by atoms with Crippen LogP contribution in [0.15, 0.2) is 72.0 Å². The van der Waals surface area contributed by atoms with Crippen LogP contribution >= 0.6 is 0 Å². The first kappa shape index (κ1) is 25.0. The van der Waals surface area contributed by atoms with Gasteiger partial charge in [-0.1, -0.05) is 48.5 Å². The summed E-state index contributed by atoms with van der Waals surface area (Å²) in [5.74, 6) is -1.46. The molecule has 7 nitrogen and oxygen atoms in total. The molecule has 0 saturated carbocycles. The third-order valence-electron chi connectivity index (χ3n) is 7.40. The molecule has 3 aliphatic heterocycles. The molecule has 2 amide bonds. The van der Waals surface area contributed by atoms with Gasteiger partial charge in [0.05, 0.1) is 18.6 Å². The number of nitrogens with one attached hydrogen (secondary N) is 2.